The standard InChI is InChI=1S/C13H17NO/c1-2-11-7-3-4-8-12(11)13(15)14-9-5-6-10-14/h3-4,7-8H,2,5-6,9-10H2,1H3. The van der Waals surface area contributed by atoms with E-state index in [9.17, 15) is 4.79 Å². The zero-order chi connectivity index (χ0) is 10.7. The van der Waals surface area contributed by atoms with Crippen LogP contribution in [0.2, 0.25) is 0 Å². The number of hydrogen-bond donors (Lipinski definition) is 0. The van der Waals surface area contributed by atoms with E-state index >= 15 is 0 Å². The van der Waals surface area contributed by atoms with Crippen molar-refractivity contribution in [2.75, 3.05) is 13.1 Å². The first-order chi connectivity index (χ1) is 7.33. The van der Waals surface area contributed by atoms with Gasteiger partial charge in [-0.05, 0) is 30.9 Å². The van der Waals surface area contributed by atoms with Gasteiger partial charge in [0.1, 0.15) is 0 Å². The third-order valence-corrected chi connectivity index (χ3v) is 3.02. The average molecular weight is 203 g/mol. The number of carbonyl (C=O) groups excluding carboxylic acids is 1. The Balaban J connectivity index is 2.24. The minimum atomic E-state index is 0.213. The summed E-state index contributed by atoms with van der Waals surface area (Å²) in [5.74, 6) is 0.213. The summed E-state index contributed by atoms with van der Waals surface area (Å²) in [5.41, 5.74) is 2.05. The van der Waals surface area contributed by atoms with E-state index in [1.807, 2.05) is 29.2 Å². The second-order valence-corrected chi connectivity index (χ2v) is 4.01. The van der Waals surface area contributed by atoms with Gasteiger partial charge in [0.25, 0.3) is 5.91 Å². The first-order valence-electron chi connectivity index (χ1n) is 5.70. The molecule has 0 bridgehead atoms. The second kappa shape index (κ2) is 4.47. The van der Waals surface area contributed by atoms with Crippen LogP contribution in [0.25, 0.3) is 0 Å². The van der Waals surface area contributed by atoms with Crippen LogP contribution in [0.3, 0.4) is 0 Å². The Kier molecular flexibility index (Phi) is 3.05. The van der Waals surface area contributed by atoms with E-state index in [4.69, 9.17) is 0 Å². The summed E-state index contributed by atoms with van der Waals surface area (Å²) in [4.78, 5) is 14.1. The summed E-state index contributed by atoms with van der Waals surface area (Å²) in [7, 11) is 0. The maximum absolute atomic E-state index is 12.2. The van der Waals surface area contributed by atoms with Crippen molar-refractivity contribution in [2.24, 2.45) is 0 Å². The van der Waals surface area contributed by atoms with Gasteiger partial charge in [0.2, 0.25) is 0 Å². The van der Waals surface area contributed by atoms with Crippen LogP contribution in [0.1, 0.15) is 35.7 Å². The molecule has 1 aliphatic heterocycles. The van der Waals surface area contributed by atoms with Crippen LogP contribution in [-0.4, -0.2) is 23.9 Å². The van der Waals surface area contributed by atoms with Gasteiger partial charge in [-0.2, -0.15) is 0 Å². The molecule has 1 heterocycles. The van der Waals surface area contributed by atoms with E-state index in [0.29, 0.717) is 0 Å². The number of amides is 1. The lowest BCUT2D eigenvalue weighted by molar-refractivity contribution is 0.0792. The largest absolute Gasteiger partial charge is 0.339 e. The quantitative estimate of drug-likeness (QED) is 0.723. The van der Waals surface area contributed by atoms with Crippen LogP contribution >= 0.6 is 0 Å². The van der Waals surface area contributed by atoms with Gasteiger partial charge in [-0.25, -0.2) is 0 Å². The number of nitrogens with zero attached hydrogens (tertiary/aromatic N) is 1. The molecule has 1 fully saturated rings. The van der Waals surface area contributed by atoms with Crippen molar-refractivity contribution in [3.05, 3.63) is 35.4 Å². The number of hydrogen-bond acceptors (Lipinski definition) is 1. The lowest BCUT2D eigenvalue weighted by Crippen LogP contribution is -2.28. The summed E-state index contributed by atoms with van der Waals surface area (Å²) in [5, 5.41) is 0. The van der Waals surface area contributed by atoms with E-state index < -0.39 is 0 Å². The molecular weight excluding hydrogens is 186 g/mol. The summed E-state index contributed by atoms with van der Waals surface area (Å²) in [6.07, 6.45) is 3.23. The SMILES string of the molecule is CCc1ccccc1C(=O)N1CCCC1. The van der Waals surface area contributed by atoms with Crippen molar-refractivity contribution in [2.45, 2.75) is 26.2 Å². The Bertz CT molecular complexity index is 353. The van der Waals surface area contributed by atoms with E-state index in [1.54, 1.807) is 0 Å². The molecule has 0 radical (unpaired) electrons. The molecule has 1 aliphatic rings. The van der Waals surface area contributed by atoms with Gasteiger partial charge in [0.05, 0.1) is 0 Å². The monoisotopic (exact) mass is 203 g/mol. The number of aryl methyl sites for hydroxylation is 1. The lowest BCUT2D eigenvalue weighted by atomic mass is 10.0. The van der Waals surface area contributed by atoms with Gasteiger partial charge in [-0.15, -0.1) is 0 Å². The van der Waals surface area contributed by atoms with Crippen molar-refractivity contribution in [1.82, 2.24) is 4.90 Å². The molecule has 1 amide bonds. The Labute approximate surface area is 90.9 Å². The molecule has 15 heavy (non-hydrogen) atoms. The van der Waals surface area contributed by atoms with Crippen LogP contribution < -0.4 is 0 Å². The highest BCUT2D eigenvalue weighted by Gasteiger charge is 2.20. The van der Waals surface area contributed by atoms with E-state index in [-0.39, 0.29) is 5.91 Å². The molecule has 0 aromatic heterocycles. The van der Waals surface area contributed by atoms with Crippen LogP contribution in [-0.2, 0) is 6.42 Å². The Hall–Kier alpha value is -1.31. The molecule has 0 spiro atoms. The van der Waals surface area contributed by atoms with Crippen LogP contribution in [0.15, 0.2) is 24.3 Å². The molecule has 2 heteroatoms. The van der Waals surface area contributed by atoms with E-state index in [1.165, 1.54) is 0 Å². The minimum absolute atomic E-state index is 0.213. The predicted octanol–water partition coefficient (Wildman–Crippen LogP) is 2.49. The first kappa shape index (κ1) is 10.2. The summed E-state index contributed by atoms with van der Waals surface area (Å²) in [6.45, 7) is 3.95. The normalized spacial score (nSPS) is 15.7. The summed E-state index contributed by atoms with van der Waals surface area (Å²) in [6, 6.07) is 7.94. The highest BCUT2D eigenvalue weighted by Crippen LogP contribution is 2.16. The van der Waals surface area contributed by atoms with Gasteiger partial charge in [-0.3, -0.25) is 4.79 Å². The second-order valence-electron chi connectivity index (χ2n) is 4.01. The number of rotatable bonds is 2. The van der Waals surface area contributed by atoms with Crippen molar-refractivity contribution in [3.63, 3.8) is 0 Å². The topological polar surface area (TPSA) is 20.3 Å². The Morgan fingerprint density at radius 1 is 1.27 bits per heavy atom. The van der Waals surface area contributed by atoms with Crippen LogP contribution in [0.4, 0.5) is 0 Å². The van der Waals surface area contributed by atoms with Crippen molar-refractivity contribution in [3.8, 4) is 0 Å². The Morgan fingerprint density at radius 2 is 1.93 bits per heavy atom. The fraction of sp³-hybridized carbons (Fsp3) is 0.462. The molecule has 1 aromatic rings. The minimum Gasteiger partial charge on any atom is -0.339 e. The molecule has 0 unspecified atom stereocenters. The van der Waals surface area contributed by atoms with Crippen molar-refractivity contribution < 1.29 is 4.79 Å². The molecule has 1 saturated heterocycles. The van der Waals surface area contributed by atoms with Gasteiger partial charge >= 0.3 is 0 Å². The zero-order valence-electron chi connectivity index (χ0n) is 9.20. The average Bonchev–Trinajstić information content (AvgIpc) is 2.81. The van der Waals surface area contributed by atoms with E-state index in [2.05, 4.69) is 6.92 Å². The van der Waals surface area contributed by atoms with Gasteiger partial charge in [-0.1, -0.05) is 25.1 Å². The van der Waals surface area contributed by atoms with Gasteiger partial charge in [0.15, 0.2) is 0 Å². The highest BCUT2D eigenvalue weighted by atomic mass is 16.2. The smallest absolute Gasteiger partial charge is 0.254 e. The molecule has 2 nitrogen and oxygen atoms in total. The fourth-order valence-electron chi connectivity index (χ4n) is 2.13. The number of likely N-dealkylation sites (tertiary alicyclic amines) is 1. The maximum Gasteiger partial charge on any atom is 0.254 e. The predicted molar refractivity (Wildman–Crippen MR) is 61.0 cm³/mol. The van der Waals surface area contributed by atoms with Crippen molar-refractivity contribution >= 4 is 5.91 Å². The van der Waals surface area contributed by atoms with Gasteiger partial charge in [0, 0.05) is 18.7 Å². The molecule has 1 aromatic carbocycles. The maximum atomic E-state index is 12.2. The highest BCUT2D eigenvalue weighted by molar-refractivity contribution is 5.95. The zero-order valence-corrected chi connectivity index (χ0v) is 9.20. The van der Waals surface area contributed by atoms with Gasteiger partial charge < -0.3 is 4.90 Å². The third kappa shape index (κ3) is 2.04. The number of carbonyl (C=O) groups is 1. The molecule has 2 rings (SSSR count). The summed E-state index contributed by atoms with van der Waals surface area (Å²) >= 11 is 0. The van der Waals surface area contributed by atoms with Crippen LogP contribution in [0, 0.1) is 0 Å². The first-order valence-corrected chi connectivity index (χ1v) is 5.70. The summed E-state index contributed by atoms with van der Waals surface area (Å²) < 4.78 is 0. The molecule has 0 saturated carbocycles. The van der Waals surface area contributed by atoms with Crippen LogP contribution in [0.5, 0.6) is 0 Å². The third-order valence-electron chi connectivity index (χ3n) is 3.02. The Morgan fingerprint density at radius 3 is 2.60 bits per heavy atom. The fourth-order valence-corrected chi connectivity index (χ4v) is 2.13. The molecule has 0 aliphatic carbocycles. The van der Waals surface area contributed by atoms with E-state index in [0.717, 1.165) is 43.5 Å². The molecule has 80 valence electrons. The lowest BCUT2D eigenvalue weighted by Gasteiger charge is -2.17. The number of benzene rings is 1. The molecule has 0 N–H and O–H groups in total. The molecular formula is C13H17NO. The molecule has 0 atom stereocenters. The van der Waals surface area contributed by atoms with Crippen molar-refractivity contribution in [1.29, 1.82) is 0 Å².